The van der Waals surface area contributed by atoms with Gasteiger partial charge in [0.25, 0.3) is 5.91 Å². The Morgan fingerprint density at radius 2 is 1.89 bits per heavy atom. The van der Waals surface area contributed by atoms with Gasteiger partial charge in [-0.05, 0) is 25.0 Å². The summed E-state index contributed by atoms with van der Waals surface area (Å²) >= 11 is 0. The highest BCUT2D eigenvalue weighted by atomic mass is 16.2. The van der Waals surface area contributed by atoms with Crippen LogP contribution in [0.25, 0.3) is 0 Å². The summed E-state index contributed by atoms with van der Waals surface area (Å²) in [6.45, 7) is 4.00. The summed E-state index contributed by atoms with van der Waals surface area (Å²) in [7, 11) is 0. The summed E-state index contributed by atoms with van der Waals surface area (Å²) < 4.78 is 1.71. The Hall–Kier alpha value is -1.78. The first-order chi connectivity index (χ1) is 8.67. The van der Waals surface area contributed by atoms with E-state index in [0.29, 0.717) is 0 Å². The molecule has 1 aromatic heterocycles. The average Bonchev–Trinajstić information content (AvgIpc) is 2.94. The van der Waals surface area contributed by atoms with Gasteiger partial charge in [0, 0.05) is 18.4 Å². The first-order valence-electron chi connectivity index (χ1n) is 6.42. The molecule has 1 unspecified atom stereocenters. The lowest BCUT2D eigenvalue weighted by Crippen LogP contribution is -2.42. The van der Waals surface area contributed by atoms with E-state index in [0.717, 1.165) is 12.8 Å². The SMILES string of the molecule is CCC(CC)N1C(=O)CC(Nn2cccc2)C1=O. The summed E-state index contributed by atoms with van der Waals surface area (Å²) in [4.78, 5) is 25.6. The highest BCUT2D eigenvalue weighted by Crippen LogP contribution is 2.20. The van der Waals surface area contributed by atoms with E-state index in [2.05, 4.69) is 5.43 Å². The van der Waals surface area contributed by atoms with Crippen LogP contribution in [0.1, 0.15) is 33.1 Å². The van der Waals surface area contributed by atoms with Crippen molar-refractivity contribution in [3.8, 4) is 0 Å². The lowest BCUT2D eigenvalue weighted by Gasteiger charge is -2.24. The fourth-order valence-electron chi connectivity index (χ4n) is 2.39. The quantitative estimate of drug-likeness (QED) is 0.801. The zero-order valence-electron chi connectivity index (χ0n) is 10.8. The third kappa shape index (κ3) is 2.25. The molecule has 1 aromatic rings. The maximum Gasteiger partial charge on any atom is 0.254 e. The Kier molecular flexibility index (Phi) is 3.69. The maximum absolute atomic E-state index is 12.2. The van der Waals surface area contributed by atoms with Gasteiger partial charge in [-0.1, -0.05) is 13.8 Å². The molecule has 98 valence electrons. The topological polar surface area (TPSA) is 54.3 Å². The number of imide groups is 1. The van der Waals surface area contributed by atoms with Crippen LogP contribution in [0.3, 0.4) is 0 Å². The first-order valence-corrected chi connectivity index (χ1v) is 6.42. The second kappa shape index (κ2) is 5.25. The molecule has 2 rings (SSSR count). The molecule has 5 heteroatoms. The van der Waals surface area contributed by atoms with Crippen molar-refractivity contribution in [2.75, 3.05) is 5.43 Å². The van der Waals surface area contributed by atoms with E-state index < -0.39 is 6.04 Å². The van der Waals surface area contributed by atoms with Crippen LogP contribution in [0.5, 0.6) is 0 Å². The maximum atomic E-state index is 12.2. The molecule has 1 N–H and O–H groups in total. The van der Waals surface area contributed by atoms with Gasteiger partial charge >= 0.3 is 0 Å². The molecule has 5 nitrogen and oxygen atoms in total. The van der Waals surface area contributed by atoms with Crippen LogP contribution < -0.4 is 5.43 Å². The lowest BCUT2D eigenvalue weighted by atomic mass is 10.1. The van der Waals surface area contributed by atoms with Crippen molar-refractivity contribution < 1.29 is 9.59 Å². The third-order valence-corrected chi connectivity index (χ3v) is 3.40. The number of hydrogen-bond donors (Lipinski definition) is 1. The van der Waals surface area contributed by atoms with Gasteiger partial charge in [-0.15, -0.1) is 0 Å². The van der Waals surface area contributed by atoms with Crippen LogP contribution in [-0.2, 0) is 9.59 Å². The number of hydrogen-bond acceptors (Lipinski definition) is 3. The van der Waals surface area contributed by atoms with Crippen LogP contribution in [0.2, 0.25) is 0 Å². The van der Waals surface area contributed by atoms with E-state index in [4.69, 9.17) is 0 Å². The number of aromatic nitrogens is 1. The van der Waals surface area contributed by atoms with E-state index in [9.17, 15) is 9.59 Å². The van der Waals surface area contributed by atoms with Crippen molar-refractivity contribution in [1.82, 2.24) is 9.58 Å². The van der Waals surface area contributed by atoms with E-state index in [1.807, 2.05) is 38.4 Å². The summed E-state index contributed by atoms with van der Waals surface area (Å²) in [6.07, 6.45) is 5.50. The number of carbonyl (C=O) groups excluding carboxylic acids is 2. The van der Waals surface area contributed by atoms with Gasteiger partial charge in [0.1, 0.15) is 6.04 Å². The van der Waals surface area contributed by atoms with Gasteiger partial charge in [-0.3, -0.25) is 19.2 Å². The molecule has 1 saturated heterocycles. The number of nitrogens with zero attached hydrogens (tertiary/aromatic N) is 2. The zero-order valence-corrected chi connectivity index (χ0v) is 10.8. The van der Waals surface area contributed by atoms with Crippen molar-refractivity contribution in [1.29, 1.82) is 0 Å². The second-order valence-electron chi connectivity index (χ2n) is 4.55. The molecule has 1 atom stereocenters. The van der Waals surface area contributed by atoms with Crippen LogP contribution >= 0.6 is 0 Å². The van der Waals surface area contributed by atoms with E-state index in [1.165, 1.54) is 4.90 Å². The Balaban J connectivity index is 2.09. The minimum Gasteiger partial charge on any atom is -0.313 e. The van der Waals surface area contributed by atoms with Crippen LogP contribution in [-0.4, -0.2) is 33.5 Å². The lowest BCUT2D eigenvalue weighted by molar-refractivity contribution is -0.141. The van der Waals surface area contributed by atoms with Gasteiger partial charge in [-0.2, -0.15) is 0 Å². The smallest absolute Gasteiger partial charge is 0.254 e. The summed E-state index contributed by atoms with van der Waals surface area (Å²) in [5.41, 5.74) is 3.04. The molecule has 0 spiro atoms. The molecular weight excluding hydrogens is 230 g/mol. The first kappa shape index (κ1) is 12.7. The molecule has 1 fully saturated rings. The van der Waals surface area contributed by atoms with Gasteiger partial charge in [0.05, 0.1) is 6.42 Å². The summed E-state index contributed by atoms with van der Waals surface area (Å²) in [5.74, 6) is -0.180. The fourth-order valence-corrected chi connectivity index (χ4v) is 2.39. The minimum absolute atomic E-state index is 0.0291. The molecule has 1 aliphatic heterocycles. The highest BCUT2D eigenvalue weighted by Gasteiger charge is 2.41. The molecule has 0 radical (unpaired) electrons. The molecule has 0 bridgehead atoms. The molecule has 2 amide bonds. The van der Waals surface area contributed by atoms with Crippen LogP contribution in [0.4, 0.5) is 0 Å². The number of likely N-dealkylation sites (tertiary alicyclic amines) is 1. The Bertz CT molecular complexity index is 423. The number of carbonyl (C=O) groups is 2. The molecule has 1 aliphatic rings. The van der Waals surface area contributed by atoms with Gasteiger partial charge in [-0.25, -0.2) is 0 Å². The largest absolute Gasteiger partial charge is 0.313 e. The van der Waals surface area contributed by atoms with Gasteiger partial charge in [0.2, 0.25) is 5.91 Å². The second-order valence-corrected chi connectivity index (χ2v) is 4.55. The standard InChI is InChI=1S/C13H19N3O2/c1-3-10(4-2)16-12(17)9-11(13(16)18)14-15-7-5-6-8-15/h5-8,10-11,14H,3-4,9H2,1-2H3. The van der Waals surface area contributed by atoms with Crippen LogP contribution in [0, 0.1) is 0 Å². The van der Waals surface area contributed by atoms with E-state index >= 15 is 0 Å². The van der Waals surface area contributed by atoms with E-state index in [-0.39, 0.29) is 24.3 Å². The van der Waals surface area contributed by atoms with Gasteiger partial charge < -0.3 is 5.43 Å². The number of nitrogens with one attached hydrogen (secondary N) is 1. The number of amides is 2. The summed E-state index contributed by atoms with van der Waals surface area (Å²) in [6, 6.07) is 3.33. The van der Waals surface area contributed by atoms with Crippen molar-refractivity contribution >= 4 is 11.8 Å². The Morgan fingerprint density at radius 1 is 1.28 bits per heavy atom. The van der Waals surface area contributed by atoms with Crippen molar-refractivity contribution in [2.24, 2.45) is 0 Å². The monoisotopic (exact) mass is 249 g/mol. The molecule has 0 saturated carbocycles. The minimum atomic E-state index is -0.439. The predicted octanol–water partition coefficient (Wildman–Crippen LogP) is 1.35. The normalized spacial score (nSPS) is 19.9. The Morgan fingerprint density at radius 3 is 2.44 bits per heavy atom. The fraction of sp³-hybridized carbons (Fsp3) is 0.538. The van der Waals surface area contributed by atoms with Crippen LogP contribution in [0.15, 0.2) is 24.5 Å². The predicted molar refractivity (Wildman–Crippen MR) is 68.4 cm³/mol. The highest BCUT2D eigenvalue weighted by molar-refractivity contribution is 6.06. The van der Waals surface area contributed by atoms with Crippen molar-refractivity contribution in [3.63, 3.8) is 0 Å². The van der Waals surface area contributed by atoms with Gasteiger partial charge in [0.15, 0.2) is 0 Å². The molecule has 2 heterocycles. The van der Waals surface area contributed by atoms with E-state index in [1.54, 1.807) is 4.68 Å². The summed E-state index contributed by atoms with van der Waals surface area (Å²) in [5, 5.41) is 0. The Labute approximate surface area is 107 Å². The third-order valence-electron chi connectivity index (χ3n) is 3.40. The average molecular weight is 249 g/mol. The molecular formula is C13H19N3O2. The zero-order chi connectivity index (χ0) is 13.1. The molecule has 0 aliphatic carbocycles. The molecule has 0 aromatic carbocycles. The van der Waals surface area contributed by atoms with Crippen molar-refractivity contribution in [3.05, 3.63) is 24.5 Å². The van der Waals surface area contributed by atoms with Crippen molar-refractivity contribution in [2.45, 2.75) is 45.2 Å². The number of rotatable bonds is 5. The molecule has 18 heavy (non-hydrogen) atoms.